The smallest absolute Gasteiger partial charge is 0.171 e. The van der Waals surface area contributed by atoms with Crippen molar-refractivity contribution in [3.8, 4) is 0 Å². The third-order valence-electron chi connectivity index (χ3n) is 3.32. The molecule has 19 heavy (non-hydrogen) atoms. The maximum absolute atomic E-state index is 4.55. The SMILES string of the molecule is Cc1ccccc1CCc1nc(Br)c2ncccn12. The molecule has 0 spiro atoms. The summed E-state index contributed by atoms with van der Waals surface area (Å²) in [5.41, 5.74) is 3.59. The first-order valence-electron chi connectivity index (χ1n) is 6.27. The Kier molecular flexibility index (Phi) is 3.34. The van der Waals surface area contributed by atoms with Gasteiger partial charge in [0.25, 0.3) is 0 Å². The summed E-state index contributed by atoms with van der Waals surface area (Å²) in [5, 5.41) is 0. The fourth-order valence-electron chi connectivity index (χ4n) is 2.26. The number of benzene rings is 1. The monoisotopic (exact) mass is 315 g/mol. The van der Waals surface area contributed by atoms with Crippen LogP contribution in [0.3, 0.4) is 0 Å². The molecule has 0 unspecified atom stereocenters. The molecular formula is C15H14BrN3. The van der Waals surface area contributed by atoms with E-state index in [0.29, 0.717) is 0 Å². The van der Waals surface area contributed by atoms with E-state index in [1.54, 1.807) is 6.20 Å². The summed E-state index contributed by atoms with van der Waals surface area (Å²) < 4.78 is 2.86. The highest BCUT2D eigenvalue weighted by Gasteiger charge is 2.09. The molecule has 0 radical (unpaired) electrons. The van der Waals surface area contributed by atoms with Gasteiger partial charge in [-0.05, 0) is 46.5 Å². The second-order valence-electron chi connectivity index (χ2n) is 4.56. The molecule has 1 aromatic carbocycles. The summed E-state index contributed by atoms with van der Waals surface area (Å²) in [6.45, 7) is 2.15. The van der Waals surface area contributed by atoms with Gasteiger partial charge in [-0.15, -0.1) is 0 Å². The summed E-state index contributed by atoms with van der Waals surface area (Å²) in [4.78, 5) is 8.88. The molecule has 0 N–H and O–H groups in total. The van der Waals surface area contributed by atoms with Crippen LogP contribution in [0.1, 0.15) is 17.0 Å². The van der Waals surface area contributed by atoms with Crippen molar-refractivity contribution < 1.29 is 0 Å². The number of fused-ring (bicyclic) bond motifs is 1. The molecule has 3 rings (SSSR count). The molecule has 2 heterocycles. The fraction of sp³-hybridized carbons (Fsp3) is 0.200. The van der Waals surface area contributed by atoms with Crippen LogP contribution in [0.4, 0.5) is 0 Å². The quantitative estimate of drug-likeness (QED) is 0.739. The van der Waals surface area contributed by atoms with Gasteiger partial charge in [0.1, 0.15) is 5.82 Å². The summed E-state index contributed by atoms with van der Waals surface area (Å²) in [6, 6.07) is 10.4. The first kappa shape index (κ1) is 12.4. The molecule has 0 atom stereocenters. The Bertz CT molecular complexity index is 718. The molecule has 4 heteroatoms. The van der Waals surface area contributed by atoms with Crippen LogP contribution in [0.25, 0.3) is 5.65 Å². The lowest BCUT2D eigenvalue weighted by Gasteiger charge is -2.04. The molecule has 3 nitrogen and oxygen atoms in total. The highest BCUT2D eigenvalue weighted by atomic mass is 79.9. The Hall–Kier alpha value is -1.68. The number of aromatic nitrogens is 3. The highest BCUT2D eigenvalue weighted by molar-refractivity contribution is 9.10. The van der Waals surface area contributed by atoms with Crippen molar-refractivity contribution in [1.82, 2.24) is 14.4 Å². The molecule has 0 aliphatic heterocycles. The Morgan fingerprint density at radius 1 is 1.16 bits per heavy atom. The first-order chi connectivity index (χ1) is 9.25. The van der Waals surface area contributed by atoms with Crippen LogP contribution in [0, 0.1) is 6.92 Å². The van der Waals surface area contributed by atoms with E-state index in [9.17, 15) is 0 Å². The molecule has 96 valence electrons. The lowest BCUT2D eigenvalue weighted by molar-refractivity contribution is 0.844. The predicted octanol–water partition coefficient (Wildman–Crippen LogP) is 3.59. The molecule has 0 saturated heterocycles. The summed E-state index contributed by atoms with van der Waals surface area (Å²) in [5.74, 6) is 1.04. The molecule has 0 saturated carbocycles. The summed E-state index contributed by atoms with van der Waals surface area (Å²) >= 11 is 3.46. The second-order valence-corrected chi connectivity index (χ2v) is 5.31. The van der Waals surface area contributed by atoms with Crippen LogP contribution in [0.5, 0.6) is 0 Å². The molecule has 0 amide bonds. The predicted molar refractivity (Wildman–Crippen MR) is 79.3 cm³/mol. The van der Waals surface area contributed by atoms with E-state index in [1.165, 1.54) is 11.1 Å². The van der Waals surface area contributed by atoms with Crippen LogP contribution >= 0.6 is 15.9 Å². The third-order valence-corrected chi connectivity index (χ3v) is 3.85. The number of hydrogen-bond acceptors (Lipinski definition) is 2. The van der Waals surface area contributed by atoms with Crippen molar-refractivity contribution in [1.29, 1.82) is 0 Å². The van der Waals surface area contributed by atoms with Crippen molar-refractivity contribution in [3.63, 3.8) is 0 Å². The Labute approximate surface area is 120 Å². The van der Waals surface area contributed by atoms with Crippen molar-refractivity contribution in [3.05, 3.63) is 64.3 Å². The first-order valence-corrected chi connectivity index (χ1v) is 7.07. The van der Waals surface area contributed by atoms with Gasteiger partial charge >= 0.3 is 0 Å². The maximum atomic E-state index is 4.55. The topological polar surface area (TPSA) is 30.2 Å². The van der Waals surface area contributed by atoms with Crippen LogP contribution in [0.2, 0.25) is 0 Å². The average Bonchev–Trinajstić information content (AvgIpc) is 2.75. The molecule has 0 aliphatic rings. The lowest BCUT2D eigenvalue weighted by atomic mass is 10.0. The minimum absolute atomic E-state index is 0.813. The Morgan fingerprint density at radius 2 is 2.00 bits per heavy atom. The number of hydrogen-bond donors (Lipinski definition) is 0. The maximum Gasteiger partial charge on any atom is 0.171 e. The number of rotatable bonds is 3. The van der Waals surface area contributed by atoms with Gasteiger partial charge in [0.2, 0.25) is 0 Å². The van der Waals surface area contributed by atoms with Crippen molar-refractivity contribution in [2.45, 2.75) is 19.8 Å². The Balaban J connectivity index is 1.88. The highest BCUT2D eigenvalue weighted by Crippen LogP contribution is 2.18. The molecule has 3 aromatic rings. The summed E-state index contributed by atoms with van der Waals surface area (Å²) in [7, 11) is 0. The van der Waals surface area contributed by atoms with Gasteiger partial charge in [-0.2, -0.15) is 0 Å². The minimum Gasteiger partial charge on any atom is -0.287 e. The van der Waals surface area contributed by atoms with Gasteiger partial charge in [0.15, 0.2) is 10.3 Å². The number of nitrogens with zero attached hydrogens (tertiary/aromatic N) is 3. The standard InChI is InChI=1S/C15H14BrN3/c1-11-5-2-3-6-12(11)7-8-13-18-14(16)15-17-9-4-10-19(13)15/h2-6,9-10H,7-8H2,1H3. The number of aryl methyl sites for hydroxylation is 3. The summed E-state index contributed by atoms with van der Waals surface area (Å²) in [6.07, 6.45) is 5.69. The number of halogens is 1. The van der Waals surface area contributed by atoms with E-state index in [-0.39, 0.29) is 0 Å². The van der Waals surface area contributed by atoms with Gasteiger partial charge < -0.3 is 0 Å². The van der Waals surface area contributed by atoms with E-state index in [1.807, 2.05) is 16.7 Å². The van der Waals surface area contributed by atoms with Gasteiger partial charge in [0, 0.05) is 18.8 Å². The van der Waals surface area contributed by atoms with Crippen molar-refractivity contribution in [2.24, 2.45) is 0 Å². The molecular weight excluding hydrogens is 302 g/mol. The molecule has 2 aromatic heterocycles. The van der Waals surface area contributed by atoms with Crippen molar-refractivity contribution in [2.75, 3.05) is 0 Å². The van der Waals surface area contributed by atoms with E-state index < -0.39 is 0 Å². The third kappa shape index (κ3) is 2.40. The van der Waals surface area contributed by atoms with Crippen LogP contribution in [-0.2, 0) is 12.8 Å². The van der Waals surface area contributed by atoms with E-state index in [2.05, 4.69) is 57.1 Å². The van der Waals surface area contributed by atoms with Crippen LogP contribution < -0.4 is 0 Å². The van der Waals surface area contributed by atoms with Crippen molar-refractivity contribution >= 4 is 21.6 Å². The second kappa shape index (κ2) is 5.13. The molecule has 0 fully saturated rings. The van der Waals surface area contributed by atoms with E-state index in [4.69, 9.17) is 0 Å². The number of imidazole rings is 1. The zero-order valence-electron chi connectivity index (χ0n) is 10.7. The zero-order valence-corrected chi connectivity index (χ0v) is 12.3. The fourth-order valence-corrected chi connectivity index (χ4v) is 2.76. The van der Waals surface area contributed by atoms with Gasteiger partial charge in [-0.1, -0.05) is 24.3 Å². The zero-order chi connectivity index (χ0) is 13.2. The van der Waals surface area contributed by atoms with Crippen LogP contribution in [0.15, 0.2) is 47.3 Å². The Morgan fingerprint density at radius 3 is 2.84 bits per heavy atom. The normalized spacial score (nSPS) is 11.1. The van der Waals surface area contributed by atoms with E-state index in [0.717, 1.165) is 28.9 Å². The van der Waals surface area contributed by atoms with Gasteiger partial charge in [0.05, 0.1) is 0 Å². The molecule has 0 bridgehead atoms. The van der Waals surface area contributed by atoms with Crippen LogP contribution in [-0.4, -0.2) is 14.4 Å². The van der Waals surface area contributed by atoms with E-state index >= 15 is 0 Å². The average molecular weight is 316 g/mol. The lowest BCUT2D eigenvalue weighted by Crippen LogP contribution is -1.99. The molecule has 0 aliphatic carbocycles. The minimum atomic E-state index is 0.813. The van der Waals surface area contributed by atoms with Gasteiger partial charge in [-0.3, -0.25) is 4.40 Å². The largest absolute Gasteiger partial charge is 0.287 e. The van der Waals surface area contributed by atoms with Gasteiger partial charge in [-0.25, -0.2) is 9.97 Å².